The number of aliphatic imine (C=N–C) groups is 1. The van der Waals surface area contributed by atoms with Crippen LogP contribution < -0.4 is 10.6 Å². The zero-order chi connectivity index (χ0) is 17.5. The fraction of sp³-hybridized carbons (Fsp3) is 0.556. The molecule has 0 spiro atoms. The third-order valence-corrected chi connectivity index (χ3v) is 3.83. The number of benzene rings is 1. The molecule has 0 aliphatic carbocycles. The number of guanidine groups is 1. The molecule has 0 saturated heterocycles. The van der Waals surface area contributed by atoms with Gasteiger partial charge >= 0.3 is 0 Å². The third kappa shape index (κ3) is 6.67. The Morgan fingerprint density at radius 3 is 2.46 bits per heavy atom. The molecule has 6 heteroatoms. The first kappa shape index (κ1) is 22.7. The number of nitrogens with zero attached hydrogens (tertiary/aromatic N) is 2. The summed E-state index contributed by atoms with van der Waals surface area (Å²) in [7, 11) is 3.67. The molecular weight excluding hydrogens is 415 g/mol. The number of carbonyl (C=O) groups excluding carboxylic acids is 1. The summed E-state index contributed by atoms with van der Waals surface area (Å²) in [6, 6.07) is 8.34. The summed E-state index contributed by atoms with van der Waals surface area (Å²) in [4.78, 5) is 18.6. The van der Waals surface area contributed by atoms with Crippen molar-refractivity contribution in [3.63, 3.8) is 0 Å². The van der Waals surface area contributed by atoms with Crippen molar-refractivity contribution in [1.29, 1.82) is 0 Å². The maximum atomic E-state index is 11.9. The first-order valence-electron chi connectivity index (χ1n) is 8.08. The van der Waals surface area contributed by atoms with Gasteiger partial charge in [-0.05, 0) is 38.8 Å². The van der Waals surface area contributed by atoms with Gasteiger partial charge in [0.05, 0.1) is 12.0 Å². The molecule has 1 aromatic rings. The number of rotatable bonds is 6. The molecule has 136 valence electrons. The van der Waals surface area contributed by atoms with Gasteiger partial charge in [-0.1, -0.05) is 24.3 Å². The van der Waals surface area contributed by atoms with E-state index in [9.17, 15) is 4.79 Å². The minimum absolute atomic E-state index is 0. The molecule has 0 aromatic heterocycles. The number of nitrogens with one attached hydrogen (secondary N) is 2. The monoisotopic (exact) mass is 446 g/mol. The number of carbonyl (C=O) groups is 1. The van der Waals surface area contributed by atoms with E-state index in [0.717, 1.165) is 19.0 Å². The molecule has 0 atom stereocenters. The second-order valence-electron chi connectivity index (χ2n) is 6.42. The number of hydrogen-bond acceptors (Lipinski definition) is 2. The lowest BCUT2D eigenvalue weighted by atomic mass is 9.93. The van der Waals surface area contributed by atoms with E-state index in [1.54, 1.807) is 7.05 Å². The number of halogens is 1. The van der Waals surface area contributed by atoms with E-state index < -0.39 is 5.41 Å². The van der Waals surface area contributed by atoms with Crippen LogP contribution >= 0.6 is 24.0 Å². The third-order valence-electron chi connectivity index (χ3n) is 3.83. The molecule has 1 rings (SSSR count). The van der Waals surface area contributed by atoms with E-state index in [1.165, 1.54) is 11.1 Å². The highest BCUT2D eigenvalue weighted by Crippen LogP contribution is 2.16. The zero-order valence-corrected chi connectivity index (χ0v) is 18.0. The second-order valence-corrected chi connectivity index (χ2v) is 6.42. The summed E-state index contributed by atoms with van der Waals surface area (Å²) < 4.78 is 0. The maximum absolute atomic E-state index is 11.9. The fourth-order valence-electron chi connectivity index (χ4n) is 2.27. The van der Waals surface area contributed by atoms with Crippen LogP contribution in [0.15, 0.2) is 29.3 Å². The summed E-state index contributed by atoms with van der Waals surface area (Å²) in [6.07, 6.45) is 0. The lowest BCUT2D eigenvalue weighted by Crippen LogP contribution is -2.41. The van der Waals surface area contributed by atoms with E-state index in [2.05, 4.69) is 45.6 Å². The Kier molecular flexibility index (Phi) is 9.96. The molecule has 0 bridgehead atoms. The quantitative estimate of drug-likeness (QED) is 0.402. The van der Waals surface area contributed by atoms with Crippen LogP contribution in [0.3, 0.4) is 0 Å². The predicted octanol–water partition coefficient (Wildman–Crippen LogP) is 2.78. The van der Waals surface area contributed by atoms with Crippen molar-refractivity contribution in [2.24, 2.45) is 10.4 Å². The van der Waals surface area contributed by atoms with Crippen LogP contribution in [0, 0.1) is 12.3 Å². The topological polar surface area (TPSA) is 56.7 Å². The second kappa shape index (κ2) is 10.5. The van der Waals surface area contributed by atoms with Gasteiger partial charge in [-0.3, -0.25) is 9.79 Å². The average molecular weight is 446 g/mol. The number of aryl methyl sites for hydroxylation is 1. The van der Waals surface area contributed by atoms with E-state index >= 15 is 0 Å². The lowest BCUT2D eigenvalue weighted by Gasteiger charge is -2.25. The molecule has 0 aliphatic rings. The fourth-order valence-corrected chi connectivity index (χ4v) is 2.27. The molecule has 2 N–H and O–H groups in total. The standard InChI is InChI=1S/C18H30N4O.HI/c1-7-20-17(21-13-18(3,4)16(23)19-5)22(6)12-15-11-9-8-10-14(15)2;/h8-11H,7,12-13H2,1-6H3,(H,19,23)(H,20,21);1H. The largest absolute Gasteiger partial charge is 0.359 e. The van der Waals surface area contributed by atoms with E-state index in [0.29, 0.717) is 6.54 Å². The van der Waals surface area contributed by atoms with Gasteiger partial charge in [-0.15, -0.1) is 24.0 Å². The Morgan fingerprint density at radius 2 is 1.92 bits per heavy atom. The number of amides is 1. The highest BCUT2D eigenvalue weighted by molar-refractivity contribution is 14.0. The Morgan fingerprint density at radius 1 is 1.29 bits per heavy atom. The zero-order valence-electron chi connectivity index (χ0n) is 15.6. The van der Waals surface area contributed by atoms with Crippen LogP contribution in [0.25, 0.3) is 0 Å². The summed E-state index contributed by atoms with van der Waals surface area (Å²) in [6.45, 7) is 9.97. The van der Waals surface area contributed by atoms with E-state index in [1.807, 2.05) is 33.9 Å². The van der Waals surface area contributed by atoms with Crippen molar-refractivity contribution >= 4 is 35.8 Å². The van der Waals surface area contributed by atoms with Crippen molar-refractivity contribution in [3.8, 4) is 0 Å². The first-order chi connectivity index (χ1) is 10.8. The summed E-state index contributed by atoms with van der Waals surface area (Å²) >= 11 is 0. The lowest BCUT2D eigenvalue weighted by molar-refractivity contribution is -0.128. The van der Waals surface area contributed by atoms with Crippen molar-refractivity contribution in [3.05, 3.63) is 35.4 Å². The van der Waals surface area contributed by atoms with Gasteiger partial charge < -0.3 is 15.5 Å². The van der Waals surface area contributed by atoms with Crippen molar-refractivity contribution in [1.82, 2.24) is 15.5 Å². The van der Waals surface area contributed by atoms with Gasteiger partial charge in [-0.2, -0.15) is 0 Å². The molecular formula is C18H31IN4O. The van der Waals surface area contributed by atoms with Gasteiger partial charge in [0.1, 0.15) is 0 Å². The Bertz CT molecular complexity index is 558. The van der Waals surface area contributed by atoms with Crippen LogP contribution in [0.5, 0.6) is 0 Å². The summed E-state index contributed by atoms with van der Waals surface area (Å²) in [5, 5.41) is 5.99. The summed E-state index contributed by atoms with van der Waals surface area (Å²) in [5.74, 6) is 0.811. The maximum Gasteiger partial charge on any atom is 0.227 e. The van der Waals surface area contributed by atoms with Crippen LogP contribution in [-0.4, -0.2) is 44.0 Å². The average Bonchev–Trinajstić information content (AvgIpc) is 2.52. The molecule has 5 nitrogen and oxygen atoms in total. The van der Waals surface area contributed by atoms with Gasteiger partial charge in [-0.25, -0.2) is 0 Å². The molecule has 1 amide bonds. The molecule has 0 saturated carbocycles. The SMILES string of the molecule is CCNC(=NCC(C)(C)C(=O)NC)N(C)Cc1ccccc1C.I. The van der Waals surface area contributed by atoms with Crippen LogP contribution in [0.4, 0.5) is 0 Å². The van der Waals surface area contributed by atoms with Gasteiger partial charge in [0.2, 0.25) is 5.91 Å². The molecule has 1 aromatic carbocycles. The molecule has 0 aliphatic heterocycles. The molecule has 0 radical (unpaired) electrons. The minimum Gasteiger partial charge on any atom is -0.359 e. The number of hydrogen-bond donors (Lipinski definition) is 2. The van der Waals surface area contributed by atoms with Gasteiger partial charge in [0, 0.05) is 27.2 Å². The van der Waals surface area contributed by atoms with Crippen molar-refractivity contribution in [2.75, 3.05) is 27.2 Å². The molecule has 0 fully saturated rings. The van der Waals surface area contributed by atoms with Crippen molar-refractivity contribution < 1.29 is 4.79 Å². The van der Waals surface area contributed by atoms with Gasteiger partial charge in [0.25, 0.3) is 0 Å². The summed E-state index contributed by atoms with van der Waals surface area (Å²) in [5.41, 5.74) is 2.01. The van der Waals surface area contributed by atoms with Crippen LogP contribution in [-0.2, 0) is 11.3 Å². The Hall–Kier alpha value is -1.31. The first-order valence-corrected chi connectivity index (χ1v) is 8.08. The minimum atomic E-state index is -0.529. The Labute approximate surface area is 163 Å². The van der Waals surface area contributed by atoms with Crippen LogP contribution in [0.1, 0.15) is 31.9 Å². The predicted molar refractivity (Wildman–Crippen MR) is 112 cm³/mol. The molecule has 0 heterocycles. The van der Waals surface area contributed by atoms with E-state index in [4.69, 9.17) is 0 Å². The van der Waals surface area contributed by atoms with Crippen LogP contribution in [0.2, 0.25) is 0 Å². The molecule has 24 heavy (non-hydrogen) atoms. The van der Waals surface area contributed by atoms with E-state index in [-0.39, 0.29) is 29.9 Å². The highest BCUT2D eigenvalue weighted by atomic mass is 127. The van der Waals surface area contributed by atoms with Crippen molar-refractivity contribution in [2.45, 2.75) is 34.2 Å². The van der Waals surface area contributed by atoms with Gasteiger partial charge in [0.15, 0.2) is 5.96 Å². The smallest absolute Gasteiger partial charge is 0.227 e. The molecule has 0 unspecified atom stereocenters. The normalized spacial score (nSPS) is 11.5. The highest BCUT2D eigenvalue weighted by Gasteiger charge is 2.26. The Balaban J connectivity index is 0.00000529.